The number of rotatable bonds is 1. The highest BCUT2D eigenvalue weighted by molar-refractivity contribution is 5.75. The van der Waals surface area contributed by atoms with Crippen LogP contribution in [0.5, 0.6) is 0 Å². The molecular formula is C23H33NO3. The van der Waals surface area contributed by atoms with Gasteiger partial charge in [0.1, 0.15) is 0 Å². The van der Waals surface area contributed by atoms with E-state index in [4.69, 9.17) is 4.74 Å². The van der Waals surface area contributed by atoms with Gasteiger partial charge in [0.2, 0.25) is 0 Å². The first-order chi connectivity index (χ1) is 12.9. The molecule has 4 heteroatoms. The Morgan fingerprint density at radius 1 is 1.26 bits per heavy atom. The standard InChI is InChI=1S/C23H33NO3/c1-12-10-24-11-14-6-4-13-5-7-15-17(21(26)27-3)9-23(19(13)15)20(24)16(12)8-18(25)22(14,23)2/h12,14-18,20,25H,4-11H2,1-3H3/t12-,14+,15-,16-,17-,18+,20-,22-,23+/m1/s1. The Morgan fingerprint density at radius 2 is 2.04 bits per heavy atom. The minimum atomic E-state index is -0.240. The first-order valence-electron chi connectivity index (χ1n) is 11.2. The summed E-state index contributed by atoms with van der Waals surface area (Å²) in [6, 6.07) is 0.524. The van der Waals surface area contributed by atoms with Gasteiger partial charge in [-0.05, 0) is 62.2 Å². The molecule has 2 saturated heterocycles. The van der Waals surface area contributed by atoms with Crippen LogP contribution in [0.2, 0.25) is 0 Å². The van der Waals surface area contributed by atoms with Crippen molar-refractivity contribution in [2.24, 2.45) is 40.4 Å². The van der Waals surface area contributed by atoms with Crippen molar-refractivity contribution in [3.8, 4) is 0 Å². The molecule has 0 aromatic carbocycles. The number of hydrogen-bond acceptors (Lipinski definition) is 4. The van der Waals surface area contributed by atoms with Gasteiger partial charge in [-0.3, -0.25) is 9.69 Å². The Balaban J connectivity index is 1.62. The number of carbonyl (C=O) groups excluding carboxylic acids is 1. The molecule has 4 nitrogen and oxygen atoms in total. The Hall–Kier alpha value is -0.870. The third-order valence-corrected chi connectivity index (χ3v) is 10.3. The van der Waals surface area contributed by atoms with Crippen LogP contribution in [0.1, 0.15) is 52.4 Å². The molecule has 6 aliphatic rings. The molecule has 1 N–H and O–H groups in total. The summed E-state index contributed by atoms with van der Waals surface area (Å²) in [6.45, 7) is 7.12. The van der Waals surface area contributed by atoms with E-state index in [1.807, 2.05) is 0 Å². The zero-order chi connectivity index (χ0) is 18.7. The molecule has 148 valence electrons. The fraction of sp³-hybridized carbons (Fsp3) is 0.870. The molecule has 2 saturated carbocycles. The van der Waals surface area contributed by atoms with Crippen LogP contribution in [0, 0.1) is 40.4 Å². The fourth-order valence-electron chi connectivity index (χ4n) is 9.36. The van der Waals surface area contributed by atoms with E-state index in [0.29, 0.717) is 29.7 Å². The maximum absolute atomic E-state index is 12.8. The zero-order valence-corrected chi connectivity index (χ0v) is 16.9. The van der Waals surface area contributed by atoms with E-state index in [1.54, 1.807) is 18.3 Å². The van der Waals surface area contributed by atoms with E-state index in [-0.39, 0.29) is 28.8 Å². The van der Waals surface area contributed by atoms with E-state index in [0.717, 1.165) is 25.8 Å². The Kier molecular flexibility index (Phi) is 3.27. The molecule has 0 amide bonds. The Bertz CT molecular complexity index is 746. The smallest absolute Gasteiger partial charge is 0.309 e. The Morgan fingerprint density at radius 3 is 2.81 bits per heavy atom. The van der Waals surface area contributed by atoms with E-state index in [9.17, 15) is 9.90 Å². The highest BCUT2D eigenvalue weighted by Gasteiger charge is 2.76. The van der Waals surface area contributed by atoms with Gasteiger partial charge in [0.05, 0.1) is 19.1 Å². The van der Waals surface area contributed by atoms with E-state index >= 15 is 0 Å². The van der Waals surface area contributed by atoms with Crippen molar-refractivity contribution in [3.05, 3.63) is 11.1 Å². The quantitative estimate of drug-likeness (QED) is 0.569. The summed E-state index contributed by atoms with van der Waals surface area (Å²) in [4.78, 5) is 15.6. The van der Waals surface area contributed by atoms with Gasteiger partial charge in [-0.1, -0.05) is 25.0 Å². The molecule has 27 heavy (non-hydrogen) atoms. The van der Waals surface area contributed by atoms with Crippen molar-refractivity contribution in [3.63, 3.8) is 0 Å². The molecular weight excluding hydrogens is 338 g/mol. The SMILES string of the molecule is COC(=O)[C@@H]1C[C@@]23C4=C(CC[C@H]5CN6C[C@@H](C)[C@@H](C[C@H](O)[C@@]52C)[C@@H]63)CC[C@@H]41. The van der Waals surface area contributed by atoms with E-state index < -0.39 is 0 Å². The normalized spacial score (nSPS) is 55.5. The molecule has 0 aromatic heterocycles. The predicted molar refractivity (Wildman–Crippen MR) is 102 cm³/mol. The van der Waals surface area contributed by atoms with Crippen LogP contribution in [-0.2, 0) is 9.53 Å². The maximum atomic E-state index is 12.8. The number of aliphatic hydroxyl groups is 1. The van der Waals surface area contributed by atoms with Gasteiger partial charge < -0.3 is 9.84 Å². The minimum absolute atomic E-state index is 0.00220. The van der Waals surface area contributed by atoms with Crippen molar-refractivity contribution in [2.75, 3.05) is 20.2 Å². The minimum Gasteiger partial charge on any atom is -0.469 e. The second-order valence-electron chi connectivity index (χ2n) is 10.8. The largest absolute Gasteiger partial charge is 0.469 e. The topological polar surface area (TPSA) is 49.8 Å². The number of methoxy groups -OCH3 is 1. The molecule has 0 unspecified atom stereocenters. The lowest BCUT2D eigenvalue weighted by molar-refractivity contribution is -0.200. The van der Waals surface area contributed by atoms with Crippen molar-refractivity contribution in [1.29, 1.82) is 0 Å². The number of esters is 1. The predicted octanol–water partition coefficient (Wildman–Crippen LogP) is 3.00. The molecule has 1 spiro atoms. The summed E-state index contributed by atoms with van der Waals surface area (Å²) in [6.07, 6.45) is 6.32. The van der Waals surface area contributed by atoms with Crippen molar-refractivity contribution in [1.82, 2.24) is 4.90 Å². The molecule has 4 fully saturated rings. The number of piperidine rings is 1. The lowest BCUT2D eigenvalue weighted by atomic mass is 9.43. The van der Waals surface area contributed by atoms with Gasteiger partial charge in [0, 0.05) is 30.0 Å². The molecule has 0 aromatic rings. The number of aliphatic hydroxyl groups excluding tert-OH is 1. The van der Waals surface area contributed by atoms with Crippen LogP contribution < -0.4 is 0 Å². The molecule has 2 heterocycles. The van der Waals surface area contributed by atoms with Crippen LogP contribution in [0.4, 0.5) is 0 Å². The number of allylic oxidation sites excluding steroid dienone is 1. The highest BCUT2D eigenvalue weighted by Crippen LogP contribution is 2.76. The average Bonchev–Trinajstić information content (AvgIpc) is 3.28. The molecule has 6 rings (SSSR count). The number of hydrogen-bond donors (Lipinski definition) is 1. The van der Waals surface area contributed by atoms with E-state index in [2.05, 4.69) is 18.7 Å². The monoisotopic (exact) mass is 371 g/mol. The number of nitrogens with zero attached hydrogens (tertiary/aromatic N) is 1. The molecule has 0 radical (unpaired) electrons. The summed E-state index contributed by atoms with van der Waals surface area (Å²) >= 11 is 0. The molecule has 9 atom stereocenters. The van der Waals surface area contributed by atoms with Gasteiger partial charge in [0.25, 0.3) is 0 Å². The van der Waals surface area contributed by atoms with Gasteiger partial charge in [0.15, 0.2) is 0 Å². The zero-order valence-electron chi connectivity index (χ0n) is 16.9. The molecule has 2 aliphatic heterocycles. The van der Waals surface area contributed by atoms with Crippen LogP contribution in [0.25, 0.3) is 0 Å². The van der Waals surface area contributed by atoms with Gasteiger partial charge in [-0.15, -0.1) is 0 Å². The second-order valence-corrected chi connectivity index (χ2v) is 10.8. The summed E-state index contributed by atoms with van der Waals surface area (Å²) in [5, 5.41) is 11.6. The van der Waals surface area contributed by atoms with Gasteiger partial charge >= 0.3 is 5.97 Å². The van der Waals surface area contributed by atoms with Crippen LogP contribution in [-0.4, -0.2) is 48.3 Å². The van der Waals surface area contributed by atoms with Crippen LogP contribution in [0.15, 0.2) is 11.1 Å². The maximum Gasteiger partial charge on any atom is 0.309 e. The summed E-state index contributed by atoms with van der Waals surface area (Å²) in [7, 11) is 1.55. The number of ether oxygens (including phenoxy) is 1. The fourth-order valence-corrected chi connectivity index (χ4v) is 9.36. The van der Waals surface area contributed by atoms with E-state index in [1.165, 1.54) is 25.8 Å². The van der Waals surface area contributed by atoms with Crippen molar-refractivity contribution < 1.29 is 14.6 Å². The van der Waals surface area contributed by atoms with Crippen molar-refractivity contribution in [2.45, 2.75) is 64.5 Å². The third-order valence-electron chi connectivity index (χ3n) is 10.3. The second kappa shape index (κ2) is 5.18. The summed E-state index contributed by atoms with van der Waals surface area (Å²) in [5.41, 5.74) is 3.20. The first kappa shape index (κ1) is 17.0. The summed E-state index contributed by atoms with van der Waals surface area (Å²) in [5.74, 6) is 2.11. The Labute approximate surface area is 162 Å². The number of carbonyl (C=O) groups is 1. The molecule has 4 bridgehead atoms. The highest BCUT2D eigenvalue weighted by atomic mass is 16.5. The average molecular weight is 372 g/mol. The third kappa shape index (κ3) is 1.69. The lowest BCUT2D eigenvalue weighted by Gasteiger charge is -2.67. The lowest BCUT2D eigenvalue weighted by Crippen LogP contribution is -2.70. The van der Waals surface area contributed by atoms with Crippen molar-refractivity contribution >= 4 is 5.97 Å². The molecule has 4 aliphatic carbocycles. The first-order valence-corrected chi connectivity index (χ1v) is 11.2. The van der Waals surface area contributed by atoms with Crippen LogP contribution >= 0.6 is 0 Å². The van der Waals surface area contributed by atoms with Gasteiger partial charge in [-0.25, -0.2) is 0 Å². The summed E-state index contributed by atoms with van der Waals surface area (Å²) < 4.78 is 5.29. The van der Waals surface area contributed by atoms with Crippen LogP contribution in [0.3, 0.4) is 0 Å². The van der Waals surface area contributed by atoms with Gasteiger partial charge in [-0.2, -0.15) is 0 Å².